The average Bonchev–Trinajstić information content (AvgIpc) is 2.42. The number of esters is 1. The number of hydrogen-bond donors (Lipinski definition) is 1. The Balaban J connectivity index is 2.21. The Bertz CT molecular complexity index is 339. The molecule has 1 heterocycles. The lowest BCUT2D eigenvalue weighted by molar-refractivity contribution is -0.148. The number of ether oxygens (including phenoxy) is 1. The minimum Gasteiger partial charge on any atom is -0.481 e. The maximum Gasteiger partial charge on any atom is 0.308 e. The van der Waals surface area contributed by atoms with Gasteiger partial charge in [0.15, 0.2) is 0 Å². The minimum atomic E-state index is -0.848. The van der Waals surface area contributed by atoms with Crippen LogP contribution in [0.1, 0.15) is 19.3 Å². The van der Waals surface area contributed by atoms with Gasteiger partial charge < -0.3 is 14.7 Å². The van der Waals surface area contributed by atoms with Gasteiger partial charge in [-0.1, -0.05) is 0 Å². The Morgan fingerprint density at radius 3 is 2.47 bits per heavy atom. The van der Waals surface area contributed by atoms with Gasteiger partial charge in [0.05, 0.1) is 25.2 Å². The third-order valence-corrected chi connectivity index (χ3v) is 4.01. The molecule has 108 valence electrons. The standard InChI is InChI=1S/C12H19NO5S/c1-18-12(17)9-2-5-13(6-3-9)10(14)8-19-7-4-11(15)16/h9H,2-8H2,1H3,(H,15,16). The van der Waals surface area contributed by atoms with Crippen LogP contribution in [0.25, 0.3) is 0 Å². The van der Waals surface area contributed by atoms with Gasteiger partial charge in [-0.05, 0) is 12.8 Å². The molecule has 0 radical (unpaired) electrons. The molecule has 7 heteroatoms. The van der Waals surface area contributed by atoms with Crippen LogP contribution in [0.15, 0.2) is 0 Å². The van der Waals surface area contributed by atoms with Crippen LogP contribution in [-0.4, -0.2) is 59.6 Å². The number of rotatable bonds is 6. The molecule has 1 saturated heterocycles. The van der Waals surface area contributed by atoms with Gasteiger partial charge in [0.2, 0.25) is 5.91 Å². The van der Waals surface area contributed by atoms with Crippen molar-refractivity contribution in [2.75, 3.05) is 31.7 Å². The highest BCUT2D eigenvalue weighted by Crippen LogP contribution is 2.19. The largest absolute Gasteiger partial charge is 0.481 e. The van der Waals surface area contributed by atoms with Crippen molar-refractivity contribution in [3.63, 3.8) is 0 Å². The van der Waals surface area contributed by atoms with Crippen LogP contribution >= 0.6 is 11.8 Å². The zero-order valence-corrected chi connectivity index (χ0v) is 11.8. The van der Waals surface area contributed by atoms with Gasteiger partial charge in [-0.2, -0.15) is 11.8 Å². The SMILES string of the molecule is COC(=O)C1CCN(C(=O)CSCCC(=O)O)CC1. The molecule has 1 rings (SSSR count). The molecule has 19 heavy (non-hydrogen) atoms. The van der Waals surface area contributed by atoms with Gasteiger partial charge in [-0.3, -0.25) is 14.4 Å². The fourth-order valence-corrected chi connectivity index (χ4v) is 2.76. The van der Waals surface area contributed by atoms with Crippen molar-refractivity contribution < 1.29 is 24.2 Å². The molecule has 1 aliphatic heterocycles. The summed E-state index contributed by atoms with van der Waals surface area (Å²) in [5.74, 6) is -0.398. The highest BCUT2D eigenvalue weighted by Gasteiger charge is 2.27. The zero-order valence-electron chi connectivity index (χ0n) is 11.0. The molecule has 0 bridgehead atoms. The van der Waals surface area contributed by atoms with E-state index in [-0.39, 0.29) is 24.2 Å². The topological polar surface area (TPSA) is 83.9 Å². The number of carbonyl (C=O) groups excluding carboxylic acids is 2. The molecule has 1 N–H and O–H groups in total. The molecule has 6 nitrogen and oxygen atoms in total. The van der Waals surface area contributed by atoms with Gasteiger partial charge in [0.25, 0.3) is 0 Å². The van der Waals surface area contributed by atoms with Crippen LogP contribution in [0.3, 0.4) is 0 Å². The molecule has 0 saturated carbocycles. The number of carbonyl (C=O) groups is 3. The van der Waals surface area contributed by atoms with Crippen LogP contribution in [0, 0.1) is 5.92 Å². The Hall–Kier alpha value is -1.24. The van der Waals surface area contributed by atoms with Gasteiger partial charge >= 0.3 is 11.9 Å². The second-order valence-corrected chi connectivity index (χ2v) is 5.48. The summed E-state index contributed by atoms with van der Waals surface area (Å²) >= 11 is 1.33. The predicted octanol–water partition coefficient (Wildman–Crippen LogP) is 0.606. The van der Waals surface area contributed by atoms with E-state index in [4.69, 9.17) is 5.11 Å². The van der Waals surface area contributed by atoms with Crippen molar-refractivity contribution >= 4 is 29.6 Å². The molecule has 0 unspecified atom stereocenters. The number of nitrogens with zero attached hydrogens (tertiary/aromatic N) is 1. The molecule has 1 amide bonds. The lowest BCUT2D eigenvalue weighted by atomic mass is 9.97. The number of aliphatic carboxylic acids is 1. The first kappa shape index (κ1) is 15.8. The van der Waals surface area contributed by atoms with E-state index in [2.05, 4.69) is 4.74 Å². The number of carboxylic acids is 1. The molecule has 0 aromatic rings. The fraction of sp³-hybridized carbons (Fsp3) is 0.750. The van der Waals surface area contributed by atoms with E-state index < -0.39 is 5.97 Å². The molecular formula is C12H19NO5S. The summed E-state index contributed by atoms with van der Waals surface area (Å²) in [6.07, 6.45) is 1.35. The Labute approximate surface area is 116 Å². The first-order valence-corrected chi connectivity index (χ1v) is 7.35. The van der Waals surface area contributed by atoms with E-state index in [1.165, 1.54) is 18.9 Å². The van der Waals surface area contributed by atoms with Crippen LogP contribution in [0.4, 0.5) is 0 Å². The fourth-order valence-electron chi connectivity index (χ4n) is 1.94. The second kappa shape index (κ2) is 8.04. The van der Waals surface area contributed by atoms with Crippen LogP contribution in [-0.2, 0) is 19.1 Å². The van der Waals surface area contributed by atoms with Crippen molar-refractivity contribution in [1.82, 2.24) is 4.90 Å². The maximum atomic E-state index is 11.8. The van der Waals surface area contributed by atoms with Gasteiger partial charge in [-0.15, -0.1) is 0 Å². The predicted molar refractivity (Wildman–Crippen MR) is 70.9 cm³/mol. The number of carboxylic acid groups (broad SMARTS) is 1. The highest BCUT2D eigenvalue weighted by atomic mass is 32.2. The normalized spacial score (nSPS) is 16.2. The second-order valence-electron chi connectivity index (χ2n) is 4.37. The molecule has 0 aromatic heterocycles. The summed E-state index contributed by atoms with van der Waals surface area (Å²) in [5, 5.41) is 8.48. The molecule has 0 spiro atoms. The third kappa shape index (κ3) is 5.50. The summed E-state index contributed by atoms with van der Waals surface area (Å²) in [5.41, 5.74) is 0. The zero-order chi connectivity index (χ0) is 14.3. The Kier molecular flexibility index (Phi) is 6.69. The van der Waals surface area contributed by atoms with Crippen molar-refractivity contribution in [3.8, 4) is 0 Å². The third-order valence-electron chi connectivity index (χ3n) is 3.07. The summed E-state index contributed by atoms with van der Waals surface area (Å²) in [4.78, 5) is 35.2. The molecule has 0 aliphatic carbocycles. The Morgan fingerprint density at radius 2 is 1.95 bits per heavy atom. The van der Waals surface area contributed by atoms with E-state index in [1.54, 1.807) is 4.90 Å². The summed E-state index contributed by atoms with van der Waals surface area (Å²) < 4.78 is 4.69. The van der Waals surface area contributed by atoms with Crippen molar-refractivity contribution in [2.24, 2.45) is 5.92 Å². The first-order valence-electron chi connectivity index (χ1n) is 6.19. The summed E-state index contributed by atoms with van der Waals surface area (Å²) in [7, 11) is 1.37. The number of amides is 1. The van der Waals surface area contributed by atoms with Crippen LogP contribution in [0.5, 0.6) is 0 Å². The van der Waals surface area contributed by atoms with Crippen molar-refractivity contribution in [1.29, 1.82) is 0 Å². The van der Waals surface area contributed by atoms with Crippen molar-refractivity contribution in [3.05, 3.63) is 0 Å². The smallest absolute Gasteiger partial charge is 0.308 e. The minimum absolute atomic E-state index is 0.0127. The van der Waals surface area contributed by atoms with Gasteiger partial charge in [0, 0.05) is 18.8 Å². The number of methoxy groups -OCH3 is 1. The quantitative estimate of drug-likeness (QED) is 0.569. The number of thioether (sulfide) groups is 1. The number of piperidine rings is 1. The average molecular weight is 289 g/mol. The lowest BCUT2D eigenvalue weighted by Crippen LogP contribution is -2.41. The van der Waals surface area contributed by atoms with Crippen molar-refractivity contribution in [2.45, 2.75) is 19.3 Å². The summed E-state index contributed by atoms with van der Waals surface area (Å²) in [6.45, 7) is 1.14. The molecule has 0 atom stereocenters. The Morgan fingerprint density at radius 1 is 1.32 bits per heavy atom. The first-order chi connectivity index (χ1) is 9.04. The van der Waals surface area contributed by atoms with Gasteiger partial charge in [0.1, 0.15) is 0 Å². The molecular weight excluding hydrogens is 270 g/mol. The van der Waals surface area contributed by atoms with E-state index in [9.17, 15) is 14.4 Å². The van der Waals surface area contributed by atoms with Crippen LogP contribution < -0.4 is 0 Å². The number of hydrogen-bond acceptors (Lipinski definition) is 5. The van der Waals surface area contributed by atoms with Crippen LogP contribution in [0.2, 0.25) is 0 Å². The molecule has 1 fully saturated rings. The molecule has 0 aromatic carbocycles. The maximum absolute atomic E-state index is 11.8. The van der Waals surface area contributed by atoms with E-state index >= 15 is 0 Å². The summed E-state index contributed by atoms with van der Waals surface area (Å²) in [6, 6.07) is 0. The van der Waals surface area contributed by atoms with E-state index in [0.29, 0.717) is 37.4 Å². The highest BCUT2D eigenvalue weighted by molar-refractivity contribution is 7.99. The van der Waals surface area contributed by atoms with E-state index in [0.717, 1.165) is 0 Å². The molecule has 1 aliphatic rings. The van der Waals surface area contributed by atoms with Gasteiger partial charge in [-0.25, -0.2) is 0 Å². The lowest BCUT2D eigenvalue weighted by Gasteiger charge is -2.30. The monoisotopic (exact) mass is 289 g/mol. The van der Waals surface area contributed by atoms with E-state index in [1.807, 2.05) is 0 Å². The number of likely N-dealkylation sites (tertiary alicyclic amines) is 1.